The Kier molecular flexibility index (Phi) is 6.02. The minimum absolute atomic E-state index is 0.0786. The maximum atomic E-state index is 15.3. The van der Waals surface area contributed by atoms with E-state index in [9.17, 15) is 9.18 Å². The van der Waals surface area contributed by atoms with E-state index in [-0.39, 0.29) is 6.04 Å². The molecule has 0 saturated carbocycles. The van der Waals surface area contributed by atoms with E-state index >= 15 is 4.39 Å². The molecule has 3 aliphatic rings. The summed E-state index contributed by atoms with van der Waals surface area (Å²) in [6, 6.07) is 3.95. The number of hydrogen-bond donors (Lipinski definition) is 2. The van der Waals surface area contributed by atoms with Crippen LogP contribution in [0.25, 0.3) is 11.0 Å². The van der Waals surface area contributed by atoms with Gasteiger partial charge in [-0.2, -0.15) is 0 Å². The van der Waals surface area contributed by atoms with Crippen molar-refractivity contribution < 1.29 is 13.6 Å². The predicted octanol–water partition coefficient (Wildman–Crippen LogP) is 4.79. The van der Waals surface area contributed by atoms with Crippen molar-refractivity contribution in [3.8, 4) is 0 Å². The number of Topliss-reactive ketones (excluding diaryl/α,β-unsaturated/α-hetero) is 1. The molecule has 6 rings (SSSR count). The number of benzene rings is 1. The lowest BCUT2D eigenvalue weighted by molar-refractivity contribution is -0.123. The molecule has 2 aromatic heterocycles. The highest BCUT2D eigenvalue weighted by Gasteiger charge is 2.40. The molecule has 0 aliphatic carbocycles. The topological polar surface area (TPSA) is 88.0 Å². The summed E-state index contributed by atoms with van der Waals surface area (Å²) in [5, 5.41) is 6.31. The molecule has 3 aliphatic heterocycles. The van der Waals surface area contributed by atoms with Crippen LogP contribution in [0.3, 0.4) is 0 Å². The van der Waals surface area contributed by atoms with Gasteiger partial charge in [-0.15, -0.1) is 0 Å². The highest BCUT2D eigenvalue weighted by molar-refractivity contribution is 5.81. The number of hydrogen-bond acceptors (Lipinski definition) is 7. The third kappa shape index (κ3) is 4.26. The summed E-state index contributed by atoms with van der Waals surface area (Å²) in [7, 11) is 0. The van der Waals surface area contributed by atoms with Gasteiger partial charge in [-0.1, -0.05) is 0 Å². The lowest BCUT2D eigenvalue weighted by Crippen LogP contribution is -2.46. The van der Waals surface area contributed by atoms with Gasteiger partial charge in [-0.25, -0.2) is 23.7 Å². The molecule has 8 nitrogen and oxygen atoms in total. The van der Waals surface area contributed by atoms with E-state index in [2.05, 4.69) is 30.5 Å². The van der Waals surface area contributed by atoms with Gasteiger partial charge < -0.3 is 15.2 Å². The van der Waals surface area contributed by atoms with Crippen molar-refractivity contribution in [1.29, 1.82) is 0 Å². The van der Waals surface area contributed by atoms with Gasteiger partial charge in [0.25, 0.3) is 0 Å². The van der Waals surface area contributed by atoms with Crippen LogP contribution in [0, 0.1) is 12.7 Å². The van der Waals surface area contributed by atoms with Crippen molar-refractivity contribution in [3.63, 3.8) is 0 Å². The molecule has 3 aromatic rings. The Morgan fingerprint density at radius 2 is 1.87 bits per heavy atom. The predicted molar refractivity (Wildman–Crippen MR) is 140 cm³/mol. The van der Waals surface area contributed by atoms with Crippen molar-refractivity contribution in [2.75, 3.05) is 5.32 Å². The SMILES string of the molecule is Cc1nc2c(F)cc(C3(Nc4ncc(CN5C6CCC5CC(=O)C6)cn4)C=CC(F)=CN3)cc2n1C(C)C. The molecule has 0 spiro atoms. The standard InChI is InChI=1S/C28H31F2N7O/c1-16(2)37-17(3)34-26-24(30)8-19(9-25(26)37)28(7-6-20(29)14-33-28)35-27-31-12-18(13-32-27)15-36-21-4-5-22(36)11-23(38)10-21/h6-9,12-14,16,21-22,33H,4-5,10-11,15H2,1-3H3,(H,31,32,35). The quantitative estimate of drug-likeness (QED) is 0.484. The fourth-order valence-corrected chi connectivity index (χ4v) is 6.17. The molecular weight excluding hydrogens is 488 g/mol. The Labute approximate surface area is 219 Å². The molecular formula is C28H31F2N7O. The summed E-state index contributed by atoms with van der Waals surface area (Å²) in [6.07, 6.45) is 11.1. The molecule has 2 saturated heterocycles. The first-order chi connectivity index (χ1) is 18.2. The van der Waals surface area contributed by atoms with Crippen molar-refractivity contribution in [2.45, 2.75) is 76.8 Å². The molecule has 5 heterocycles. The van der Waals surface area contributed by atoms with Gasteiger partial charge in [0.05, 0.1) is 5.52 Å². The molecule has 10 heteroatoms. The Morgan fingerprint density at radius 1 is 1.16 bits per heavy atom. The summed E-state index contributed by atoms with van der Waals surface area (Å²) in [5.74, 6) is 0.480. The van der Waals surface area contributed by atoms with E-state index in [0.717, 1.165) is 24.2 Å². The first-order valence-electron chi connectivity index (χ1n) is 13.1. The van der Waals surface area contributed by atoms with Crippen LogP contribution >= 0.6 is 0 Å². The molecule has 0 radical (unpaired) electrons. The Morgan fingerprint density at radius 3 is 2.50 bits per heavy atom. The number of carbonyl (C=O) groups is 1. The maximum absolute atomic E-state index is 15.3. The Hall–Kier alpha value is -3.66. The fraction of sp³-hybridized carbons (Fsp3) is 0.429. The minimum atomic E-state index is -1.18. The number of ketones is 1. The summed E-state index contributed by atoms with van der Waals surface area (Å²) in [4.78, 5) is 27.8. The molecule has 2 N–H and O–H groups in total. The van der Waals surface area contributed by atoms with Gasteiger partial charge in [0.15, 0.2) is 11.5 Å². The zero-order valence-electron chi connectivity index (χ0n) is 21.7. The minimum Gasteiger partial charge on any atom is -0.359 e. The number of fused-ring (bicyclic) bond motifs is 3. The number of dihydropyridines is 1. The van der Waals surface area contributed by atoms with Crippen molar-refractivity contribution in [1.82, 2.24) is 29.7 Å². The monoisotopic (exact) mass is 519 g/mol. The first-order valence-corrected chi connectivity index (χ1v) is 13.1. The fourth-order valence-electron chi connectivity index (χ4n) is 6.17. The highest BCUT2D eigenvalue weighted by Crippen LogP contribution is 2.36. The smallest absolute Gasteiger partial charge is 0.224 e. The van der Waals surface area contributed by atoms with Gasteiger partial charge in [-0.05, 0) is 57.9 Å². The number of allylic oxidation sites excluding steroid dienone is 2. The summed E-state index contributed by atoms with van der Waals surface area (Å²) in [5.41, 5.74) is 1.26. The summed E-state index contributed by atoms with van der Waals surface area (Å²) < 4.78 is 31.3. The number of piperidine rings is 1. The second-order valence-electron chi connectivity index (χ2n) is 10.8. The molecule has 3 atom stereocenters. The van der Waals surface area contributed by atoms with Gasteiger partial charge in [0, 0.05) is 67.2 Å². The van der Waals surface area contributed by atoms with Crippen LogP contribution in [0.15, 0.2) is 48.7 Å². The number of halogens is 2. The molecule has 2 fully saturated rings. The largest absolute Gasteiger partial charge is 0.359 e. The van der Waals surface area contributed by atoms with Crippen LogP contribution < -0.4 is 10.6 Å². The highest BCUT2D eigenvalue weighted by atomic mass is 19.1. The van der Waals surface area contributed by atoms with E-state index in [1.54, 1.807) is 18.5 Å². The number of imidazole rings is 1. The summed E-state index contributed by atoms with van der Waals surface area (Å²) >= 11 is 0. The Balaban J connectivity index is 1.30. The summed E-state index contributed by atoms with van der Waals surface area (Å²) in [6.45, 7) is 6.59. The normalized spacial score (nSPS) is 25.2. The average Bonchev–Trinajstić information content (AvgIpc) is 3.34. The number of anilines is 1. The number of nitrogens with zero attached hydrogens (tertiary/aromatic N) is 5. The van der Waals surface area contributed by atoms with Gasteiger partial charge in [0.1, 0.15) is 23.0 Å². The number of aryl methyl sites for hydroxylation is 1. The zero-order valence-corrected chi connectivity index (χ0v) is 21.7. The second kappa shape index (κ2) is 9.27. The lowest BCUT2D eigenvalue weighted by Gasteiger charge is -2.35. The van der Waals surface area contributed by atoms with Gasteiger partial charge >= 0.3 is 0 Å². The number of nitrogens with one attached hydrogen (secondary N) is 2. The molecule has 198 valence electrons. The molecule has 2 bridgehead atoms. The maximum Gasteiger partial charge on any atom is 0.224 e. The molecule has 0 amide bonds. The Bertz CT molecular complexity index is 1450. The van der Waals surface area contributed by atoms with Crippen molar-refractivity contribution in [2.24, 2.45) is 0 Å². The van der Waals surface area contributed by atoms with E-state index in [0.29, 0.717) is 59.8 Å². The number of carbonyl (C=O) groups excluding carboxylic acids is 1. The molecule has 38 heavy (non-hydrogen) atoms. The van der Waals surface area contributed by atoms with E-state index in [4.69, 9.17) is 0 Å². The zero-order chi connectivity index (χ0) is 26.6. The van der Waals surface area contributed by atoms with Crippen LogP contribution in [0.1, 0.15) is 62.5 Å². The molecule has 1 aromatic carbocycles. The van der Waals surface area contributed by atoms with Crippen LogP contribution in [-0.4, -0.2) is 42.3 Å². The van der Waals surface area contributed by atoms with E-state index < -0.39 is 17.3 Å². The van der Waals surface area contributed by atoms with E-state index in [1.165, 1.54) is 18.3 Å². The second-order valence-corrected chi connectivity index (χ2v) is 10.8. The first kappa shape index (κ1) is 24.7. The van der Waals surface area contributed by atoms with Crippen LogP contribution in [-0.2, 0) is 17.0 Å². The average molecular weight is 520 g/mol. The van der Waals surface area contributed by atoms with Gasteiger partial charge in [0.2, 0.25) is 5.95 Å². The van der Waals surface area contributed by atoms with E-state index in [1.807, 2.05) is 31.4 Å². The molecule has 3 unspecified atom stereocenters. The van der Waals surface area contributed by atoms with Crippen LogP contribution in [0.2, 0.25) is 0 Å². The van der Waals surface area contributed by atoms with Gasteiger partial charge in [-0.3, -0.25) is 9.69 Å². The lowest BCUT2D eigenvalue weighted by atomic mass is 9.96. The number of rotatable bonds is 6. The third-order valence-corrected chi connectivity index (χ3v) is 7.90. The third-order valence-electron chi connectivity index (χ3n) is 7.90. The van der Waals surface area contributed by atoms with Crippen LogP contribution in [0.4, 0.5) is 14.7 Å². The van der Waals surface area contributed by atoms with Crippen molar-refractivity contribution >= 4 is 22.8 Å². The number of aromatic nitrogens is 4. The van der Waals surface area contributed by atoms with Crippen LogP contribution in [0.5, 0.6) is 0 Å². The van der Waals surface area contributed by atoms with Crippen molar-refractivity contribution in [3.05, 3.63) is 71.5 Å².